The molecule has 0 saturated heterocycles. The largest absolute Gasteiger partial charge is 0.250 e. The molecule has 0 amide bonds. The SMILES string of the molecule is Clc1nc(C(Cl)(Cl)Cl)nc2c1CSC2. The number of nitrogens with zero attached hydrogens (tertiary/aromatic N) is 2. The standard InChI is InChI=1S/C7H4Cl4N2S/c8-5-3-1-14-2-4(3)12-6(13-5)7(9,10)11/h1-2H2. The third-order valence-corrected chi connectivity index (χ3v) is 3.57. The highest BCUT2D eigenvalue weighted by atomic mass is 35.6. The second-order valence-corrected chi connectivity index (χ2v) is 6.38. The molecule has 2 heterocycles. The highest BCUT2D eigenvalue weighted by Crippen LogP contribution is 2.39. The Hall–Kier alpha value is 0.590. The first-order chi connectivity index (χ1) is 6.48. The van der Waals surface area contributed by atoms with Gasteiger partial charge in [0, 0.05) is 17.1 Å². The van der Waals surface area contributed by atoms with Crippen LogP contribution in [0.4, 0.5) is 0 Å². The molecule has 7 heteroatoms. The van der Waals surface area contributed by atoms with Crippen LogP contribution in [-0.2, 0) is 15.3 Å². The molecular weight excluding hydrogens is 286 g/mol. The molecule has 0 unspecified atom stereocenters. The first-order valence-electron chi connectivity index (χ1n) is 3.68. The van der Waals surface area contributed by atoms with Crippen molar-refractivity contribution in [3.8, 4) is 0 Å². The van der Waals surface area contributed by atoms with Crippen molar-refractivity contribution in [2.24, 2.45) is 0 Å². The van der Waals surface area contributed by atoms with Crippen LogP contribution in [0.25, 0.3) is 0 Å². The van der Waals surface area contributed by atoms with Crippen molar-refractivity contribution >= 4 is 58.2 Å². The molecule has 0 aliphatic carbocycles. The molecule has 0 N–H and O–H groups in total. The number of rotatable bonds is 0. The quantitative estimate of drug-likeness (QED) is 0.538. The van der Waals surface area contributed by atoms with Crippen molar-refractivity contribution in [1.82, 2.24) is 9.97 Å². The average Bonchev–Trinajstić information content (AvgIpc) is 2.50. The molecule has 0 atom stereocenters. The maximum Gasteiger partial charge on any atom is 0.250 e. The van der Waals surface area contributed by atoms with Crippen molar-refractivity contribution in [1.29, 1.82) is 0 Å². The summed E-state index contributed by atoms with van der Waals surface area (Å²) in [5.41, 5.74) is 1.82. The first-order valence-corrected chi connectivity index (χ1v) is 6.35. The van der Waals surface area contributed by atoms with Gasteiger partial charge >= 0.3 is 0 Å². The van der Waals surface area contributed by atoms with E-state index in [9.17, 15) is 0 Å². The predicted molar refractivity (Wildman–Crippen MR) is 61.3 cm³/mol. The number of aromatic nitrogens is 2. The Morgan fingerprint density at radius 3 is 2.50 bits per heavy atom. The fourth-order valence-electron chi connectivity index (χ4n) is 1.14. The van der Waals surface area contributed by atoms with Crippen LogP contribution in [0, 0.1) is 0 Å². The maximum absolute atomic E-state index is 5.94. The molecule has 1 aromatic rings. The maximum atomic E-state index is 5.94. The summed E-state index contributed by atoms with van der Waals surface area (Å²) >= 11 is 24.7. The van der Waals surface area contributed by atoms with Gasteiger partial charge in [-0.1, -0.05) is 46.4 Å². The molecule has 1 aliphatic rings. The van der Waals surface area contributed by atoms with E-state index in [0.29, 0.717) is 5.15 Å². The number of thioether (sulfide) groups is 1. The number of hydrogen-bond acceptors (Lipinski definition) is 3. The minimum absolute atomic E-state index is 0.147. The van der Waals surface area contributed by atoms with Gasteiger partial charge in [0.1, 0.15) is 5.15 Å². The lowest BCUT2D eigenvalue weighted by Gasteiger charge is -2.10. The molecule has 0 radical (unpaired) electrons. The van der Waals surface area contributed by atoms with Crippen LogP contribution < -0.4 is 0 Å². The van der Waals surface area contributed by atoms with Gasteiger partial charge in [-0.3, -0.25) is 0 Å². The smallest absolute Gasteiger partial charge is 0.232 e. The van der Waals surface area contributed by atoms with Crippen molar-refractivity contribution in [3.05, 3.63) is 22.2 Å². The molecule has 76 valence electrons. The van der Waals surface area contributed by atoms with E-state index in [1.807, 2.05) is 0 Å². The molecule has 0 bridgehead atoms. The summed E-state index contributed by atoms with van der Waals surface area (Å²) in [6.45, 7) is 0. The molecule has 0 saturated carbocycles. The normalized spacial score (nSPS) is 15.7. The van der Waals surface area contributed by atoms with E-state index in [4.69, 9.17) is 46.4 Å². The van der Waals surface area contributed by atoms with E-state index in [1.165, 1.54) is 0 Å². The lowest BCUT2D eigenvalue weighted by molar-refractivity contribution is 0.927. The highest BCUT2D eigenvalue weighted by molar-refractivity contribution is 7.98. The monoisotopic (exact) mass is 288 g/mol. The van der Waals surface area contributed by atoms with Crippen LogP contribution in [0.5, 0.6) is 0 Å². The van der Waals surface area contributed by atoms with E-state index in [2.05, 4.69) is 9.97 Å². The van der Waals surface area contributed by atoms with E-state index in [1.54, 1.807) is 11.8 Å². The third-order valence-electron chi connectivity index (χ3n) is 1.78. The minimum atomic E-state index is -1.61. The van der Waals surface area contributed by atoms with Crippen LogP contribution in [0.1, 0.15) is 17.1 Å². The van der Waals surface area contributed by atoms with Crippen LogP contribution in [-0.4, -0.2) is 9.97 Å². The molecule has 2 rings (SSSR count). The molecule has 1 aromatic heterocycles. The molecular formula is C7H4Cl4N2S. The summed E-state index contributed by atoms with van der Waals surface area (Å²) in [7, 11) is 0. The number of halogens is 4. The van der Waals surface area contributed by atoms with E-state index >= 15 is 0 Å². The van der Waals surface area contributed by atoms with Gasteiger partial charge in [-0.05, 0) is 0 Å². The number of hydrogen-bond donors (Lipinski definition) is 0. The van der Waals surface area contributed by atoms with Gasteiger partial charge in [0.25, 0.3) is 0 Å². The van der Waals surface area contributed by atoms with Gasteiger partial charge in [0.15, 0.2) is 5.82 Å². The van der Waals surface area contributed by atoms with E-state index in [-0.39, 0.29) is 5.82 Å². The summed E-state index contributed by atoms with van der Waals surface area (Å²) in [5.74, 6) is 1.77. The molecule has 2 nitrogen and oxygen atoms in total. The molecule has 14 heavy (non-hydrogen) atoms. The van der Waals surface area contributed by atoms with Gasteiger partial charge in [0.2, 0.25) is 3.79 Å². The van der Waals surface area contributed by atoms with Gasteiger partial charge in [-0.25, -0.2) is 9.97 Å². The zero-order chi connectivity index (χ0) is 10.3. The molecule has 0 fully saturated rings. The fourth-order valence-corrected chi connectivity index (χ4v) is 2.77. The zero-order valence-corrected chi connectivity index (χ0v) is 10.6. The van der Waals surface area contributed by atoms with Crippen molar-refractivity contribution in [2.75, 3.05) is 0 Å². The second-order valence-electron chi connectivity index (χ2n) is 2.75. The van der Waals surface area contributed by atoms with Crippen molar-refractivity contribution < 1.29 is 0 Å². The topological polar surface area (TPSA) is 25.8 Å². The summed E-state index contributed by atoms with van der Waals surface area (Å²) in [5, 5.41) is 0.390. The Kier molecular flexibility index (Phi) is 3.07. The van der Waals surface area contributed by atoms with E-state index < -0.39 is 3.79 Å². The lowest BCUT2D eigenvalue weighted by Crippen LogP contribution is -2.10. The van der Waals surface area contributed by atoms with Crippen LogP contribution in [0.3, 0.4) is 0 Å². The summed E-state index contributed by atoms with van der Waals surface area (Å²) in [6, 6.07) is 0. The van der Waals surface area contributed by atoms with Crippen molar-refractivity contribution in [2.45, 2.75) is 15.3 Å². The molecule has 1 aliphatic heterocycles. The highest BCUT2D eigenvalue weighted by Gasteiger charge is 2.30. The third kappa shape index (κ3) is 2.07. The van der Waals surface area contributed by atoms with E-state index in [0.717, 1.165) is 22.8 Å². The van der Waals surface area contributed by atoms with Crippen LogP contribution >= 0.6 is 58.2 Å². The summed E-state index contributed by atoms with van der Waals surface area (Å²) < 4.78 is -1.61. The lowest BCUT2D eigenvalue weighted by atomic mass is 10.3. The zero-order valence-electron chi connectivity index (χ0n) is 6.73. The Labute approximate surface area is 105 Å². The fraction of sp³-hybridized carbons (Fsp3) is 0.429. The Morgan fingerprint density at radius 2 is 1.86 bits per heavy atom. The van der Waals surface area contributed by atoms with Crippen LogP contribution in [0.15, 0.2) is 0 Å². The average molecular weight is 290 g/mol. The summed E-state index contributed by atoms with van der Waals surface area (Å²) in [4.78, 5) is 8.13. The van der Waals surface area contributed by atoms with Gasteiger partial charge < -0.3 is 0 Å². The van der Waals surface area contributed by atoms with Crippen molar-refractivity contribution in [3.63, 3.8) is 0 Å². The molecule has 0 aromatic carbocycles. The number of fused-ring (bicyclic) bond motifs is 1. The predicted octanol–water partition coefficient (Wildman–Crippen LogP) is 3.70. The second kappa shape index (κ2) is 3.87. The van der Waals surface area contributed by atoms with Gasteiger partial charge in [0.05, 0.1) is 5.69 Å². The summed E-state index contributed by atoms with van der Waals surface area (Å²) in [6.07, 6.45) is 0. The van der Waals surface area contributed by atoms with Crippen LogP contribution in [0.2, 0.25) is 5.15 Å². The Morgan fingerprint density at radius 1 is 1.14 bits per heavy atom. The minimum Gasteiger partial charge on any atom is -0.232 e. The van der Waals surface area contributed by atoms with Gasteiger partial charge in [-0.2, -0.15) is 11.8 Å². The number of alkyl halides is 3. The Balaban J connectivity index is 2.52. The first kappa shape index (κ1) is 11.1. The molecule has 0 spiro atoms. The Bertz CT molecular complexity index is 377. The van der Waals surface area contributed by atoms with Gasteiger partial charge in [-0.15, -0.1) is 0 Å².